The SMILES string of the molecule is Cc1c(C)n(-c2ccc(-c3ccccc3)cc2)c2cc3c(-c4ccc5ccccc5c4)c4ccccc4c(-c4ccc5ccccc5c4)c3cc12. The fourth-order valence-electron chi connectivity index (χ4n) is 8.32. The average molecular weight is 650 g/mol. The van der Waals surface area contributed by atoms with Gasteiger partial charge >= 0.3 is 0 Å². The summed E-state index contributed by atoms with van der Waals surface area (Å²) in [6.07, 6.45) is 0. The van der Waals surface area contributed by atoms with Crippen molar-refractivity contribution in [3.8, 4) is 39.1 Å². The maximum absolute atomic E-state index is 2.48. The molecule has 10 rings (SSSR count). The first-order valence-corrected chi connectivity index (χ1v) is 17.8. The molecule has 0 fully saturated rings. The molecule has 0 unspecified atom stereocenters. The third kappa shape index (κ3) is 4.70. The number of aryl methyl sites for hydroxylation is 1. The minimum Gasteiger partial charge on any atom is -0.314 e. The molecular formula is C50H35N. The maximum atomic E-state index is 2.48. The first-order valence-electron chi connectivity index (χ1n) is 17.8. The van der Waals surface area contributed by atoms with Crippen LogP contribution >= 0.6 is 0 Å². The van der Waals surface area contributed by atoms with Crippen LogP contribution in [0.15, 0.2) is 176 Å². The van der Waals surface area contributed by atoms with E-state index in [4.69, 9.17) is 0 Å². The van der Waals surface area contributed by atoms with Crippen LogP contribution in [0.5, 0.6) is 0 Å². The second-order valence-corrected chi connectivity index (χ2v) is 13.8. The smallest absolute Gasteiger partial charge is 0.0540 e. The molecule has 1 heteroatoms. The van der Waals surface area contributed by atoms with Crippen molar-refractivity contribution in [2.24, 2.45) is 0 Å². The van der Waals surface area contributed by atoms with E-state index in [2.05, 4.69) is 194 Å². The molecule has 240 valence electrons. The van der Waals surface area contributed by atoms with E-state index < -0.39 is 0 Å². The Morgan fingerprint density at radius 2 is 0.804 bits per heavy atom. The number of rotatable bonds is 4. The van der Waals surface area contributed by atoms with E-state index in [1.54, 1.807) is 0 Å². The lowest BCUT2D eigenvalue weighted by Gasteiger charge is -2.19. The normalized spacial score (nSPS) is 11.7. The molecule has 0 N–H and O–H groups in total. The third-order valence-electron chi connectivity index (χ3n) is 11.0. The molecular weight excluding hydrogens is 615 g/mol. The zero-order valence-corrected chi connectivity index (χ0v) is 28.7. The fourth-order valence-corrected chi connectivity index (χ4v) is 8.32. The lowest BCUT2D eigenvalue weighted by atomic mass is 9.84. The highest BCUT2D eigenvalue weighted by atomic mass is 15.0. The van der Waals surface area contributed by atoms with Gasteiger partial charge in [-0.3, -0.25) is 0 Å². The van der Waals surface area contributed by atoms with Crippen LogP contribution in [0.1, 0.15) is 11.3 Å². The second-order valence-electron chi connectivity index (χ2n) is 13.8. The lowest BCUT2D eigenvalue weighted by molar-refractivity contribution is 1.04. The van der Waals surface area contributed by atoms with E-state index in [9.17, 15) is 0 Å². The van der Waals surface area contributed by atoms with Crippen molar-refractivity contribution >= 4 is 54.0 Å². The third-order valence-corrected chi connectivity index (χ3v) is 11.0. The fraction of sp³-hybridized carbons (Fsp3) is 0.0400. The predicted molar refractivity (Wildman–Crippen MR) is 219 cm³/mol. The maximum Gasteiger partial charge on any atom is 0.0540 e. The van der Waals surface area contributed by atoms with Crippen molar-refractivity contribution in [2.75, 3.05) is 0 Å². The van der Waals surface area contributed by atoms with Gasteiger partial charge in [-0.05, 0) is 132 Å². The molecule has 0 bridgehead atoms. The highest BCUT2D eigenvalue weighted by molar-refractivity contribution is 6.24. The average Bonchev–Trinajstić information content (AvgIpc) is 3.43. The van der Waals surface area contributed by atoms with Gasteiger partial charge in [-0.2, -0.15) is 0 Å². The Hall–Kier alpha value is -6.44. The Kier molecular flexibility index (Phi) is 6.69. The van der Waals surface area contributed by atoms with Crippen LogP contribution in [-0.4, -0.2) is 4.57 Å². The van der Waals surface area contributed by atoms with Crippen LogP contribution in [0.3, 0.4) is 0 Å². The summed E-state index contributed by atoms with van der Waals surface area (Å²) in [6, 6.07) is 64.8. The van der Waals surface area contributed by atoms with Gasteiger partial charge in [0.15, 0.2) is 0 Å². The molecule has 0 spiro atoms. The second kappa shape index (κ2) is 11.6. The molecule has 9 aromatic carbocycles. The lowest BCUT2D eigenvalue weighted by Crippen LogP contribution is -1.97. The number of hydrogen-bond donors (Lipinski definition) is 0. The molecule has 1 heterocycles. The molecule has 0 saturated carbocycles. The van der Waals surface area contributed by atoms with E-state index in [1.807, 2.05) is 0 Å². The summed E-state index contributed by atoms with van der Waals surface area (Å²) in [6.45, 7) is 4.54. The topological polar surface area (TPSA) is 4.93 Å². The van der Waals surface area contributed by atoms with Crippen molar-refractivity contribution in [2.45, 2.75) is 13.8 Å². The van der Waals surface area contributed by atoms with E-state index in [1.165, 1.54) is 104 Å². The molecule has 51 heavy (non-hydrogen) atoms. The highest BCUT2D eigenvalue weighted by Gasteiger charge is 2.21. The standard InChI is InChI=1S/C50H35N/c1-32-33(2)51(42-26-24-37(25-27-42)34-12-4-3-5-13-34)48-31-47-46(30-45(32)48)49(40-22-20-35-14-6-8-16-38(35)28-40)43-18-10-11-19-44(43)50(47)41-23-21-36-15-7-9-17-39(36)29-41/h3-31H,1-2H3. The van der Waals surface area contributed by atoms with Gasteiger partial charge in [0.25, 0.3) is 0 Å². The minimum absolute atomic E-state index is 1.17. The van der Waals surface area contributed by atoms with Gasteiger partial charge in [-0.1, -0.05) is 140 Å². The van der Waals surface area contributed by atoms with E-state index in [-0.39, 0.29) is 0 Å². The van der Waals surface area contributed by atoms with E-state index in [0.29, 0.717) is 0 Å². The summed E-state index contributed by atoms with van der Waals surface area (Å²) in [5.41, 5.74) is 12.5. The molecule has 1 nitrogen and oxygen atoms in total. The summed E-state index contributed by atoms with van der Waals surface area (Å²) < 4.78 is 2.45. The van der Waals surface area contributed by atoms with Gasteiger partial charge in [0.1, 0.15) is 0 Å². The first kappa shape index (κ1) is 29.5. The van der Waals surface area contributed by atoms with E-state index in [0.717, 1.165) is 0 Å². The molecule has 0 aliphatic heterocycles. The molecule has 1 aromatic heterocycles. The van der Waals surface area contributed by atoms with Gasteiger partial charge in [0.2, 0.25) is 0 Å². The summed E-state index contributed by atoms with van der Waals surface area (Å²) in [4.78, 5) is 0. The Morgan fingerprint density at radius 1 is 0.333 bits per heavy atom. The molecule has 0 amide bonds. The zero-order valence-electron chi connectivity index (χ0n) is 28.7. The summed E-state index contributed by atoms with van der Waals surface area (Å²) in [7, 11) is 0. The Bertz CT molecular complexity index is 2960. The number of fused-ring (bicyclic) bond motifs is 5. The Labute approximate surface area is 297 Å². The van der Waals surface area contributed by atoms with Gasteiger partial charge in [0.05, 0.1) is 5.52 Å². The van der Waals surface area contributed by atoms with Crippen LogP contribution in [-0.2, 0) is 0 Å². The Balaban J connectivity index is 1.31. The Morgan fingerprint density at radius 3 is 1.39 bits per heavy atom. The van der Waals surface area contributed by atoms with Crippen LogP contribution < -0.4 is 0 Å². The van der Waals surface area contributed by atoms with Crippen LogP contribution in [0.25, 0.3) is 93.1 Å². The van der Waals surface area contributed by atoms with Gasteiger partial charge in [-0.25, -0.2) is 0 Å². The minimum atomic E-state index is 1.17. The largest absolute Gasteiger partial charge is 0.314 e. The van der Waals surface area contributed by atoms with Crippen molar-refractivity contribution < 1.29 is 0 Å². The van der Waals surface area contributed by atoms with Crippen molar-refractivity contribution in [1.29, 1.82) is 0 Å². The molecule has 0 saturated heterocycles. The monoisotopic (exact) mass is 649 g/mol. The number of aromatic nitrogens is 1. The van der Waals surface area contributed by atoms with Crippen LogP contribution in [0.4, 0.5) is 0 Å². The molecule has 0 radical (unpaired) electrons. The van der Waals surface area contributed by atoms with Gasteiger partial charge in [-0.15, -0.1) is 0 Å². The number of benzene rings is 9. The number of nitrogens with zero attached hydrogens (tertiary/aromatic N) is 1. The highest BCUT2D eigenvalue weighted by Crippen LogP contribution is 2.47. The van der Waals surface area contributed by atoms with Crippen molar-refractivity contribution in [3.05, 3.63) is 187 Å². The summed E-state index contributed by atoms with van der Waals surface area (Å²) in [5, 5.41) is 11.4. The summed E-state index contributed by atoms with van der Waals surface area (Å²) >= 11 is 0. The summed E-state index contributed by atoms with van der Waals surface area (Å²) in [5.74, 6) is 0. The van der Waals surface area contributed by atoms with Gasteiger partial charge < -0.3 is 4.57 Å². The van der Waals surface area contributed by atoms with Gasteiger partial charge in [0, 0.05) is 16.8 Å². The van der Waals surface area contributed by atoms with Crippen LogP contribution in [0, 0.1) is 13.8 Å². The quantitative estimate of drug-likeness (QED) is 0.167. The zero-order chi connectivity index (χ0) is 34.1. The van der Waals surface area contributed by atoms with Crippen molar-refractivity contribution in [1.82, 2.24) is 4.57 Å². The van der Waals surface area contributed by atoms with Crippen molar-refractivity contribution in [3.63, 3.8) is 0 Å². The molecule has 10 aromatic rings. The molecule has 0 aliphatic carbocycles. The molecule has 0 atom stereocenters. The van der Waals surface area contributed by atoms with Crippen LogP contribution in [0.2, 0.25) is 0 Å². The number of hydrogen-bond acceptors (Lipinski definition) is 0. The first-order chi connectivity index (χ1) is 25.1. The predicted octanol–water partition coefficient (Wildman–Crippen LogP) is 13.9. The molecule has 0 aliphatic rings. The van der Waals surface area contributed by atoms with E-state index >= 15 is 0 Å².